The molecule has 7 heteroatoms. The van der Waals surface area contributed by atoms with Crippen LogP contribution in [0, 0.1) is 0 Å². The van der Waals surface area contributed by atoms with Gasteiger partial charge in [0.2, 0.25) is 0 Å². The average molecular weight is 361 g/mol. The molecule has 0 amide bonds. The Morgan fingerprint density at radius 1 is 0.923 bits per heavy atom. The molecule has 2 rings (SSSR count). The monoisotopic (exact) mass is 361 g/mol. The van der Waals surface area contributed by atoms with Crippen molar-refractivity contribution in [3.8, 4) is 23.0 Å². The summed E-state index contributed by atoms with van der Waals surface area (Å²) in [6.07, 6.45) is 0.518. The molecule has 0 aromatic heterocycles. The van der Waals surface area contributed by atoms with Crippen molar-refractivity contribution in [3.63, 3.8) is 0 Å². The van der Waals surface area contributed by atoms with E-state index in [4.69, 9.17) is 23.8 Å². The van der Waals surface area contributed by atoms with Crippen molar-refractivity contribution < 1.29 is 28.6 Å². The predicted molar refractivity (Wildman–Crippen MR) is 98.8 cm³/mol. The molecule has 0 fully saturated rings. The highest BCUT2D eigenvalue weighted by Crippen LogP contribution is 2.46. The number of benzene rings is 2. The van der Waals surface area contributed by atoms with Crippen LogP contribution in [0.4, 0.5) is 0 Å². The van der Waals surface area contributed by atoms with Crippen LogP contribution in [0.1, 0.15) is 25.8 Å². The first-order valence-corrected chi connectivity index (χ1v) is 8.06. The maximum atomic E-state index is 11.1. The molecule has 0 atom stereocenters. The standard InChI is InChI=1S/C19H23NO6/c1-7-13(20-26-11(2)21)12-10-16(24-5)17-14(22-3)8-9-15(23-4)18(17)19(12)25-6/h8-10H,7H2,1-6H3. The first-order valence-electron chi connectivity index (χ1n) is 8.06. The highest BCUT2D eigenvalue weighted by Gasteiger charge is 2.23. The molecule has 26 heavy (non-hydrogen) atoms. The molecule has 0 heterocycles. The Morgan fingerprint density at radius 3 is 1.96 bits per heavy atom. The minimum absolute atomic E-state index is 0.498. The maximum Gasteiger partial charge on any atom is 0.331 e. The highest BCUT2D eigenvalue weighted by molar-refractivity contribution is 6.12. The molecule has 0 spiro atoms. The second kappa shape index (κ2) is 8.42. The number of nitrogens with zero attached hydrogens (tertiary/aromatic N) is 1. The minimum atomic E-state index is -0.498. The van der Waals surface area contributed by atoms with E-state index in [2.05, 4.69) is 5.16 Å². The molecule has 0 saturated carbocycles. The van der Waals surface area contributed by atoms with Crippen LogP contribution < -0.4 is 18.9 Å². The maximum absolute atomic E-state index is 11.1. The molecule has 0 unspecified atom stereocenters. The van der Waals surface area contributed by atoms with Crippen LogP contribution in [-0.4, -0.2) is 40.1 Å². The number of carbonyl (C=O) groups is 1. The van der Waals surface area contributed by atoms with Gasteiger partial charge in [0.05, 0.1) is 44.9 Å². The van der Waals surface area contributed by atoms with E-state index in [0.717, 1.165) is 5.39 Å². The van der Waals surface area contributed by atoms with Crippen molar-refractivity contribution in [1.82, 2.24) is 0 Å². The van der Waals surface area contributed by atoms with Gasteiger partial charge in [-0.1, -0.05) is 12.1 Å². The number of fused-ring (bicyclic) bond motifs is 1. The van der Waals surface area contributed by atoms with Gasteiger partial charge in [0.15, 0.2) is 0 Å². The largest absolute Gasteiger partial charge is 0.496 e. The fourth-order valence-corrected chi connectivity index (χ4v) is 2.79. The van der Waals surface area contributed by atoms with Crippen molar-refractivity contribution in [2.75, 3.05) is 28.4 Å². The quantitative estimate of drug-likeness (QED) is 0.426. The summed E-state index contributed by atoms with van der Waals surface area (Å²) in [5.74, 6) is 1.82. The Balaban J connectivity index is 2.92. The van der Waals surface area contributed by atoms with Gasteiger partial charge in [0.25, 0.3) is 0 Å². The second-order valence-electron chi connectivity index (χ2n) is 5.35. The molecule has 0 saturated heterocycles. The second-order valence-corrected chi connectivity index (χ2v) is 5.35. The zero-order chi connectivity index (χ0) is 19.3. The van der Waals surface area contributed by atoms with Crippen molar-refractivity contribution in [2.45, 2.75) is 20.3 Å². The van der Waals surface area contributed by atoms with E-state index in [1.54, 1.807) is 46.6 Å². The molecule has 7 nitrogen and oxygen atoms in total. The Morgan fingerprint density at radius 2 is 1.50 bits per heavy atom. The van der Waals surface area contributed by atoms with Crippen LogP contribution in [0.5, 0.6) is 23.0 Å². The van der Waals surface area contributed by atoms with E-state index in [0.29, 0.717) is 46.1 Å². The lowest BCUT2D eigenvalue weighted by atomic mass is 9.98. The molecule has 0 aliphatic rings. The van der Waals surface area contributed by atoms with Gasteiger partial charge in [-0.2, -0.15) is 0 Å². The lowest BCUT2D eigenvalue weighted by molar-refractivity contribution is -0.140. The molecular weight excluding hydrogens is 338 g/mol. The van der Waals surface area contributed by atoms with Crippen LogP contribution in [0.25, 0.3) is 10.8 Å². The van der Waals surface area contributed by atoms with Gasteiger partial charge >= 0.3 is 5.97 Å². The van der Waals surface area contributed by atoms with Crippen LogP contribution in [0.3, 0.4) is 0 Å². The van der Waals surface area contributed by atoms with Crippen LogP contribution in [-0.2, 0) is 9.63 Å². The normalized spacial score (nSPS) is 11.2. The molecular formula is C19H23NO6. The molecule has 140 valence electrons. The predicted octanol–water partition coefficient (Wildman–Crippen LogP) is 3.55. The zero-order valence-electron chi connectivity index (χ0n) is 15.8. The summed E-state index contributed by atoms with van der Waals surface area (Å²) in [6.45, 7) is 3.20. The van der Waals surface area contributed by atoms with E-state index < -0.39 is 5.97 Å². The lowest BCUT2D eigenvalue weighted by Crippen LogP contribution is -2.07. The molecule has 0 N–H and O–H groups in total. The number of oxime groups is 1. The summed E-state index contributed by atoms with van der Waals surface area (Å²) >= 11 is 0. The zero-order valence-corrected chi connectivity index (χ0v) is 15.8. The van der Waals surface area contributed by atoms with E-state index >= 15 is 0 Å². The summed E-state index contributed by atoms with van der Waals surface area (Å²) < 4.78 is 22.3. The summed E-state index contributed by atoms with van der Waals surface area (Å²) in [5, 5.41) is 5.37. The highest BCUT2D eigenvalue weighted by atomic mass is 16.7. The van der Waals surface area contributed by atoms with Gasteiger partial charge in [0, 0.05) is 12.5 Å². The fraction of sp³-hybridized carbons (Fsp3) is 0.368. The molecule has 0 radical (unpaired) electrons. The number of hydrogen-bond acceptors (Lipinski definition) is 7. The van der Waals surface area contributed by atoms with Crippen LogP contribution >= 0.6 is 0 Å². The Bertz CT molecular complexity index is 844. The van der Waals surface area contributed by atoms with E-state index in [1.165, 1.54) is 6.92 Å². The summed E-state index contributed by atoms with van der Waals surface area (Å²) in [6, 6.07) is 5.38. The topological polar surface area (TPSA) is 75.6 Å². The van der Waals surface area contributed by atoms with E-state index in [1.807, 2.05) is 6.92 Å². The number of carbonyl (C=O) groups excluding carboxylic acids is 1. The molecule has 0 aliphatic carbocycles. The third kappa shape index (κ3) is 3.51. The van der Waals surface area contributed by atoms with Gasteiger partial charge in [-0.25, -0.2) is 4.79 Å². The first kappa shape index (κ1) is 19.4. The number of hydrogen-bond donors (Lipinski definition) is 0. The summed E-state index contributed by atoms with van der Waals surface area (Å²) in [5.41, 5.74) is 1.19. The first-order chi connectivity index (χ1) is 12.5. The third-order valence-electron chi connectivity index (χ3n) is 3.92. The summed E-state index contributed by atoms with van der Waals surface area (Å²) in [7, 11) is 6.29. The Hall–Kier alpha value is -2.96. The smallest absolute Gasteiger partial charge is 0.331 e. The molecule has 0 bridgehead atoms. The van der Waals surface area contributed by atoms with Gasteiger partial charge in [-0.3, -0.25) is 0 Å². The van der Waals surface area contributed by atoms with Crippen LogP contribution in [0.15, 0.2) is 23.4 Å². The SMILES string of the molecule is CCC(=NOC(C)=O)c1cc(OC)c2c(OC)ccc(OC)c2c1OC. The van der Waals surface area contributed by atoms with E-state index in [9.17, 15) is 4.79 Å². The Kier molecular flexibility index (Phi) is 6.27. The molecule has 2 aromatic carbocycles. The van der Waals surface area contributed by atoms with Gasteiger partial charge in [-0.15, -0.1) is 0 Å². The third-order valence-corrected chi connectivity index (χ3v) is 3.92. The summed E-state index contributed by atoms with van der Waals surface area (Å²) in [4.78, 5) is 16.0. The number of methoxy groups -OCH3 is 4. The minimum Gasteiger partial charge on any atom is -0.496 e. The average Bonchev–Trinajstić information content (AvgIpc) is 2.66. The van der Waals surface area contributed by atoms with Crippen molar-refractivity contribution in [1.29, 1.82) is 0 Å². The molecule has 2 aromatic rings. The van der Waals surface area contributed by atoms with Crippen molar-refractivity contribution in [3.05, 3.63) is 23.8 Å². The van der Waals surface area contributed by atoms with Gasteiger partial charge in [-0.05, 0) is 24.6 Å². The van der Waals surface area contributed by atoms with Gasteiger partial charge in [0.1, 0.15) is 23.0 Å². The number of ether oxygens (including phenoxy) is 4. The van der Waals surface area contributed by atoms with Crippen LogP contribution in [0.2, 0.25) is 0 Å². The van der Waals surface area contributed by atoms with Crippen molar-refractivity contribution in [2.24, 2.45) is 5.16 Å². The van der Waals surface area contributed by atoms with Gasteiger partial charge < -0.3 is 23.8 Å². The fourth-order valence-electron chi connectivity index (χ4n) is 2.79. The lowest BCUT2D eigenvalue weighted by Gasteiger charge is -2.19. The molecule has 0 aliphatic heterocycles. The van der Waals surface area contributed by atoms with E-state index in [-0.39, 0.29) is 0 Å². The number of rotatable bonds is 7. The Labute approximate surface area is 152 Å². The van der Waals surface area contributed by atoms with Crippen molar-refractivity contribution >= 4 is 22.5 Å².